The maximum atomic E-state index is 14.3. The summed E-state index contributed by atoms with van der Waals surface area (Å²) < 4.78 is 52.4. The number of carbonyl (C=O) groups excluding carboxylic acids is 2. The van der Waals surface area contributed by atoms with E-state index < -0.39 is 35.3 Å². The van der Waals surface area contributed by atoms with Crippen LogP contribution < -0.4 is 10.9 Å². The number of hydrogen-bond acceptors (Lipinski definition) is 5. The molecule has 1 saturated heterocycles. The van der Waals surface area contributed by atoms with Gasteiger partial charge in [0.1, 0.15) is 16.5 Å². The van der Waals surface area contributed by atoms with E-state index in [4.69, 9.17) is 23.2 Å². The second kappa shape index (κ2) is 8.93. The van der Waals surface area contributed by atoms with Crippen LogP contribution in [0.15, 0.2) is 35.3 Å². The summed E-state index contributed by atoms with van der Waals surface area (Å²) in [6, 6.07) is 5.40. The van der Waals surface area contributed by atoms with Crippen molar-refractivity contribution in [3.8, 4) is 0 Å². The van der Waals surface area contributed by atoms with E-state index in [-0.39, 0.29) is 40.9 Å². The predicted molar refractivity (Wildman–Crippen MR) is 113 cm³/mol. The van der Waals surface area contributed by atoms with Crippen molar-refractivity contribution < 1.29 is 32.0 Å². The number of aromatic nitrogens is 2. The highest BCUT2D eigenvalue weighted by molar-refractivity contribution is 6.42. The van der Waals surface area contributed by atoms with E-state index in [1.54, 1.807) is 0 Å². The molecule has 1 fully saturated rings. The molecule has 4 rings (SSSR count). The van der Waals surface area contributed by atoms with E-state index in [9.17, 15) is 31.9 Å². The molecule has 1 amide bonds. The van der Waals surface area contributed by atoms with Crippen molar-refractivity contribution in [3.05, 3.63) is 68.1 Å². The van der Waals surface area contributed by atoms with Crippen LogP contribution in [-0.4, -0.2) is 45.6 Å². The minimum absolute atomic E-state index is 0.133. The second-order valence-electron chi connectivity index (χ2n) is 7.51. The van der Waals surface area contributed by atoms with Crippen LogP contribution in [0.25, 0.3) is 5.52 Å². The number of nitrogens with one attached hydrogen (secondary N) is 2. The van der Waals surface area contributed by atoms with Gasteiger partial charge in [0.25, 0.3) is 5.56 Å². The summed E-state index contributed by atoms with van der Waals surface area (Å²) in [6.45, 7) is -0.533. The summed E-state index contributed by atoms with van der Waals surface area (Å²) in [7, 11) is 0. The molecule has 0 unspecified atom stereocenters. The van der Waals surface area contributed by atoms with Gasteiger partial charge in [-0.2, -0.15) is 13.2 Å². The van der Waals surface area contributed by atoms with Gasteiger partial charge in [-0.05, 0) is 23.8 Å². The largest absolute Gasteiger partial charge is 0.492 e. The topological polar surface area (TPSA) is 95.9 Å². The Morgan fingerprint density at radius 1 is 1.21 bits per heavy atom. The van der Waals surface area contributed by atoms with Crippen LogP contribution >= 0.6 is 23.2 Å². The molecule has 0 bridgehead atoms. The first-order chi connectivity index (χ1) is 15.9. The Morgan fingerprint density at radius 3 is 2.59 bits per heavy atom. The molecule has 0 atom stereocenters. The second-order valence-corrected chi connectivity index (χ2v) is 8.28. The van der Waals surface area contributed by atoms with Crippen molar-refractivity contribution in [3.63, 3.8) is 0 Å². The minimum atomic E-state index is -5.15. The summed E-state index contributed by atoms with van der Waals surface area (Å²) in [4.78, 5) is 41.9. The zero-order chi connectivity index (χ0) is 24.8. The fraction of sp³-hybridized carbons (Fsp3) is 0.250. The number of hydrogen-bond donors (Lipinski definition) is 2. The van der Waals surface area contributed by atoms with Gasteiger partial charge in [-0.1, -0.05) is 29.3 Å². The molecule has 1 aliphatic heterocycles. The van der Waals surface area contributed by atoms with E-state index in [0.29, 0.717) is 16.3 Å². The van der Waals surface area contributed by atoms with E-state index in [1.807, 2.05) is 0 Å². The first-order valence-electron chi connectivity index (χ1n) is 9.64. The van der Waals surface area contributed by atoms with E-state index in [0.717, 1.165) is 6.07 Å². The number of rotatable bonds is 5. The highest BCUT2D eigenvalue weighted by Crippen LogP contribution is 2.28. The number of hydroxylamine groups is 2. The minimum Gasteiger partial charge on any atom is -0.361 e. The Balaban J connectivity index is 1.45. The van der Waals surface area contributed by atoms with Crippen molar-refractivity contribution in [2.24, 2.45) is 5.92 Å². The molecular weight excluding hydrogens is 507 g/mol. The highest BCUT2D eigenvalue weighted by Gasteiger charge is 2.45. The molecule has 2 N–H and O–H groups in total. The summed E-state index contributed by atoms with van der Waals surface area (Å²) in [5.74, 6) is -4.57. The van der Waals surface area contributed by atoms with Crippen LogP contribution in [0.2, 0.25) is 10.2 Å². The molecule has 0 spiro atoms. The van der Waals surface area contributed by atoms with Gasteiger partial charge in [0.15, 0.2) is 0 Å². The Morgan fingerprint density at radius 2 is 1.91 bits per heavy atom. The van der Waals surface area contributed by atoms with Crippen LogP contribution in [0.4, 0.5) is 23.2 Å². The van der Waals surface area contributed by atoms with Gasteiger partial charge in [0.05, 0.1) is 16.6 Å². The van der Waals surface area contributed by atoms with Crippen molar-refractivity contribution in [1.82, 2.24) is 14.4 Å². The third-order valence-electron chi connectivity index (χ3n) is 5.12. The fourth-order valence-electron chi connectivity index (χ4n) is 3.39. The van der Waals surface area contributed by atoms with Gasteiger partial charge in [0.2, 0.25) is 5.91 Å². The molecule has 1 aliphatic rings. The average Bonchev–Trinajstić information content (AvgIpc) is 3.03. The number of amides is 1. The number of anilines is 1. The zero-order valence-electron chi connectivity index (χ0n) is 16.9. The molecule has 3 aromatic rings. The van der Waals surface area contributed by atoms with E-state index >= 15 is 0 Å². The number of aromatic amines is 1. The van der Waals surface area contributed by atoms with Gasteiger partial charge in [-0.3, -0.25) is 14.0 Å². The zero-order valence-corrected chi connectivity index (χ0v) is 18.4. The molecule has 0 saturated carbocycles. The Hall–Kier alpha value is -3.09. The van der Waals surface area contributed by atoms with Gasteiger partial charge in [0, 0.05) is 31.4 Å². The lowest BCUT2D eigenvalue weighted by Crippen LogP contribution is -2.53. The number of H-pyrrole nitrogens is 1. The SMILES string of the molecule is O=C(Nc1cc(Cc2c[nH]c(=O)c3cc(Cl)c(Cl)n23)ccc1F)C1CN(OC(=O)C(F)(F)F)C1. The van der Waals surface area contributed by atoms with Crippen LogP contribution in [0.1, 0.15) is 11.3 Å². The average molecular weight is 521 g/mol. The molecule has 180 valence electrons. The lowest BCUT2D eigenvalue weighted by atomic mass is 10.0. The van der Waals surface area contributed by atoms with Gasteiger partial charge in [-0.25, -0.2) is 9.18 Å². The molecule has 3 heterocycles. The number of halogens is 6. The molecule has 8 nitrogen and oxygen atoms in total. The van der Waals surface area contributed by atoms with Crippen LogP contribution in [0, 0.1) is 11.7 Å². The van der Waals surface area contributed by atoms with Crippen LogP contribution in [-0.2, 0) is 20.8 Å². The maximum absolute atomic E-state index is 14.3. The van der Waals surface area contributed by atoms with Crippen LogP contribution in [0.5, 0.6) is 0 Å². The van der Waals surface area contributed by atoms with Gasteiger partial charge >= 0.3 is 12.1 Å². The fourth-order valence-corrected chi connectivity index (χ4v) is 3.83. The Bertz CT molecular complexity index is 1350. The Kier molecular flexibility index (Phi) is 6.32. The molecule has 0 radical (unpaired) electrons. The third-order valence-corrected chi connectivity index (χ3v) is 5.88. The molecule has 0 aliphatic carbocycles. The van der Waals surface area contributed by atoms with E-state index in [2.05, 4.69) is 15.1 Å². The number of fused-ring (bicyclic) bond motifs is 1. The van der Waals surface area contributed by atoms with Gasteiger partial charge in [-0.15, -0.1) is 5.06 Å². The summed E-state index contributed by atoms with van der Waals surface area (Å²) in [5, 5.41) is 3.40. The maximum Gasteiger partial charge on any atom is 0.492 e. The quantitative estimate of drug-likeness (QED) is 0.501. The molecule has 34 heavy (non-hydrogen) atoms. The van der Waals surface area contributed by atoms with Gasteiger partial charge < -0.3 is 15.1 Å². The first-order valence-corrected chi connectivity index (χ1v) is 10.4. The normalized spacial score (nSPS) is 14.8. The predicted octanol–water partition coefficient (Wildman–Crippen LogP) is 3.56. The smallest absolute Gasteiger partial charge is 0.361 e. The molecular formula is C20H14Cl2F4N4O4. The summed E-state index contributed by atoms with van der Waals surface area (Å²) in [5.41, 5.74) is 0.770. The number of carbonyl (C=O) groups is 2. The number of benzene rings is 1. The lowest BCUT2D eigenvalue weighted by molar-refractivity contribution is -0.256. The third kappa shape index (κ3) is 4.74. The number of nitrogens with zero attached hydrogens (tertiary/aromatic N) is 2. The number of alkyl halides is 3. The Labute approximate surface area is 198 Å². The summed E-state index contributed by atoms with van der Waals surface area (Å²) in [6.07, 6.45) is -3.53. The van der Waals surface area contributed by atoms with Crippen molar-refractivity contribution in [2.75, 3.05) is 18.4 Å². The first kappa shape index (κ1) is 24.0. The van der Waals surface area contributed by atoms with Crippen molar-refractivity contribution >= 4 is 46.3 Å². The highest BCUT2D eigenvalue weighted by atomic mass is 35.5. The van der Waals surface area contributed by atoms with Crippen LogP contribution in [0.3, 0.4) is 0 Å². The van der Waals surface area contributed by atoms with Crippen molar-refractivity contribution in [2.45, 2.75) is 12.6 Å². The monoisotopic (exact) mass is 520 g/mol. The molecule has 1 aromatic carbocycles. The van der Waals surface area contributed by atoms with Crippen molar-refractivity contribution in [1.29, 1.82) is 0 Å². The lowest BCUT2D eigenvalue weighted by Gasteiger charge is -2.35. The standard InChI is InChI=1S/C20H14Cl2F4N4O4/c21-12-5-15-18(32)27-6-11(30(15)16(12)22)3-9-1-2-13(23)14(4-9)28-17(31)10-7-29(8-10)34-19(33)20(24,25)26/h1-2,4-6,10H,3,7-8H2,(H,27,32)(H,28,31). The molecule has 2 aromatic heterocycles. The summed E-state index contributed by atoms with van der Waals surface area (Å²) >= 11 is 12.2. The van der Waals surface area contributed by atoms with E-state index in [1.165, 1.54) is 28.8 Å². The molecule has 14 heteroatoms.